The number of para-hydroxylation sites is 1. The Morgan fingerprint density at radius 2 is 1.36 bits per heavy atom. The van der Waals surface area contributed by atoms with Crippen molar-refractivity contribution in [2.24, 2.45) is 5.92 Å². The van der Waals surface area contributed by atoms with E-state index in [9.17, 15) is 4.79 Å². The van der Waals surface area contributed by atoms with Crippen molar-refractivity contribution >= 4 is 22.6 Å². The first-order valence-corrected chi connectivity index (χ1v) is 8.39. The van der Waals surface area contributed by atoms with E-state index >= 15 is 0 Å². The summed E-state index contributed by atoms with van der Waals surface area (Å²) in [7, 11) is 0. The third-order valence-corrected chi connectivity index (χ3v) is 2.73. The topological polar surface area (TPSA) is 29.5 Å². The van der Waals surface area contributed by atoms with Crippen LogP contribution in [0.1, 0.15) is 84.6 Å². The summed E-state index contributed by atoms with van der Waals surface area (Å²) >= 11 is 0. The number of ether oxygens (including phenoxy) is 1. The molecule has 0 saturated carbocycles. The molecule has 0 unspecified atom stereocenters. The lowest BCUT2D eigenvalue weighted by Crippen LogP contribution is -2.31. The molecular formula is C23H51B2NO2. The molecule has 0 saturated heterocycles. The monoisotopic (exact) mass is 395 g/mol. The van der Waals surface area contributed by atoms with Crippen LogP contribution in [0.2, 0.25) is 0 Å². The van der Waals surface area contributed by atoms with Crippen molar-refractivity contribution in [3.05, 3.63) is 30.3 Å². The molecule has 28 heavy (non-hydrogen) atoms. The van der Waals surface area contributed by atoms with E-state index in [1.165, 1.54) is 0 Å². The largest absolute Gasteiger partial charge is 0.478 e. The van der Waals surface area contributed by atoms with Crippen LogP contribution in [0.15, 0.2) is 30.3 Å². The molecule has 0 atom stereocenters. The van der Waals surface area contributed by atoms with Crippen molar-refractivity contribution in [2.75, 3.05) is 19.8 Å². The lowest BCUT2D eigenvalue weighted by atomic mass is 10.2. The number of benzene rings is 1. The average molecular weight is 395 g/mol. The van der Waals surface area contributed by atoms with Crippen LogP contribution in [0.25, 0.3) is 0 Å². The van der Waals surface area contributed by atoms with Gasteiger partial charge in [0.25, 0.3) is 0 Å². The van der Waals surface area contributed by atoms with Crippen molar-refractivity contribution in [3.8, 4) is 5.75 Å². The second-order valence-corrected chi connectivity index (χ2v) is 5.21. The van der Waals surface area contributed by atoms with Gasteiger partial charge in [-0.25, -0.2) is 0 Å². The Kier molecular flexibility index (Phi) is 66.1. The number of hydrogen-bond donors (Lipinski definition) is 0. The maximum Gasteiger partial charge on any atom is 0.142 e. The Labute approximate surface area is 183 Å². The summed E-state index contributed by atoms with van der Waals surface area (Å²) in [6, 6.07) is 9.97. The van der Waals surface area contributed by atoms with Crippen molar-refractivity contribution in [1.29, 1.82) is 0 Å². The molecule has 1 rings (SSSR count). The minimum Gasteiger partial charge on any atom is -0.478 e. The van der Waals surface area contributed by atoms with E-state index in [4.69, 9.17) is 4.74 Å². The fourth-order valence-corrected chi connectivity index (χ4v) is 1.47. The van der Waals surface area contributed by atoms with Gasteiger partial charge < -0.3 is 9.53 Å². The quantitative estimate of drug-likeness (QED) is 0.376. The van der Waals surface area contributed by atoms with Gasteiger partial charge in [-0.05, 0) is 31.5 Å². The Hall–Kier alpha value is -1.22. The number of carbonyl (C=O) groups excluding carboxylic acids is 1. The van der Waals surface area contributed by atoms with E-state index in [0.717, 1.165) is 18.8 Å². The van der Waals surface area contributed by atoms with Crippen molar-refractivity contribution < 1.29 is 9.53 Å². The number of rotatable bonds is 7. The summed E-state index contributed by atoms with van der Waals surface area (Å²) in [5.41, 5.74) is 0. The molecule has 0 aromatic heterocycles. The van der Waals surface area contributed by atoms with E-state index in [2.05, 4.69) is 25.7 Å². The molecule has 6 radical (unpaired) electrons. The van der Waals surface area contributed by atoms with Crippen LogP contribution in [0.3, 0.4) is 0 Å². The molecule has 1 aromatic carbocycles. The summed E-state index contributed by atoms with van der Waals surface area (Å²) in [4.78, 5) is 12.1. The minimum absolute atomic E-state index is 0. The molecule has 0 bridgehead atoms. The van der Waals surface area contributed by atoms with Gasteiger partial charge >= 0.3 is 0 Å². The summed E-state index contributed by atoms with van der Waals surface area (Å²) < 4.78 is 5.69. The van der Waals surface area contributed by atoms with Crippen molar-refractivity contribution in [2.45, 2.75) is 84.6 Å². The van der Waals surface area contributed by atoms with Crippen LogP contribution in [-0.4, -0.2) is 47.3 Å². The number of ketones is 1. The highest BCUT2D eigenvalue weighted by atomic mass is 16.5. The molecule has 0 spiro atoms. The van der Waals surface area contributed by atoms with Gasteiger partial charge in [0, 0.05) is 29.8 Å². The van der Waals surface area contributed by atoms with E-state index in [1.54, 1.807) is 6.92 Å². The van der Waals surface area contributed by atoms with Gasteiger partial charge in [0.1, 0.15) is 18.3 Å². The normalized spacial score (nSPS) is 7.46. The number of Topliss-reactive ketones (excluding diaryl/α,β-unsaturated/α-hetero) is 1. The van der Waals surface area contributed by atoms with E-state index in [-0.39, 0.29) is 52.3 Å². The summed E-state index contributed by atoms with van der Waals surface area (Å²) in [5.74, 6) is 1.88. The molecule has 1 aromatic rings. The van der Waals surface area contributed by atoms with Gasteiger partial charge in [-0.1, -0.05) is 89.4 Å². The number of carbonyl (C=O) groups is 1. The molecule has 0 heterocycles. The van der Waals surface area contributed by atoms with Gasteiger partial charge in [-0.15, -0.1) is 0 Å². The molecular weight excluding hydrogens is 344 g/mol. The van der Waals surface area contributed by atoms with Crippen LogP contribution >= 0.6 is 0 Å². The standard InChI is InChI=1S/C13H21NO.C4H8O.C2H6.4CH4.2B/c1-4-14(10-12(2)3)11-15-13-8-6-5-7-9-13;1-3-4(2)5;1-2;;;;;;/h5-9,12H,4,10-11H2,1-3H3;3H2,1-2H3;1-2H3;4*1H4;;. The average Bonchev–Trinajstić information content (AvgIpc) is 2.54. The number of nitrogens with zero attached hydrogens (tertiary/aromatic N) is 1. The highest BCUT2D eigenvalue weighted by Gasteiger charge is 2.05. The fraction of sp³-hybridized carbons (Fsp3) is 0.696. The maximum absolute atomic E-state index is 9.81. The Bertz CT molecular complexity index is 361. The molecule has 166 valence electrons. The summed E-state index contributed by atoms with van der Waals surface area (Å²) in [6.07, 6.45) is 0.667. The molecule has 0 aliphatic heterocycles. The first-order valence-electron chi connectivity index (χ1n) is 8.39. The van der Waals surface area contributed by atoms with Gasteiger partial charge in [-0.2, -0.15) is 0 Å². The Balaban J connectivity index is -0.0000000455. The van der Waals surface area contributed by atoms with Gasteiger partial charge in [-0.3, -0.25) is 4.90 Å². The van der Waals surface area contributed by atoms with Crippen molar-refractivity contribution in [1.82, 2.24) is 4.90 Å². The van der Waals surface area contributed by atoms with E-state index in [0.29, 0.717) is 19.1 Å². The van der Waals surface area contributed by atoms with Gasteiger partial charge in [0.2, 0.25) is 0 Å². The lowest BCUT2D eigenvalue weighted by Gasteiger charge is -2.22. The SMILES string of the molecule is C.C.C.C.CC.CCC(C)=O.CCN(COc1ccccc1)CC(C)C.[B].[B]. The molecule has 5 heteroatoms. The first kappa shape index (κ1) is 50.5. The van der Waals surface area contributed by atoms with E-state index in [1.807, 2.05) is 51.1 Å². The zero-order valence-electron chi connectivity index (χ0n) is 16.7. The lowest BCUT2D eigenvalue weighted by molar-refractivity contribution is -0.116. The highest BCUT2D eigenvalue weighted by Crippen LogP contribution is 2.09. The summed E-state index contributed by atoms with van der Waals surface area (Å²) in [6.45, 7) is 16.8. The van der Waals surface area contributed by atoms with Crippen LogP contribution in [0.4, 0.5) is 0 Å². The minimum atomic E-state index is 0. The molecule has 0 N–H and O–H groups in total. The van der Waals surface area contributed by atoms with Gasteiger partial charge in [0.15, 0.2) is 0 Å². The van der Waals surface area contributed by atoms with Gasteiger partial charge in [0.05, 0.1) is 0 Å². The van der Waals surface area contributed by atoms with Crippen LogP contribution < -0.4 is 4.74 Å². The van der Waals surface area contributed by atoms with Crippen molar-refractivity contribution in [3.63, 3.8) is 0 Å². The second kappa shape index (κ2) is 36.7. The maximum atomic E-state index is 9.81. The third kappa shape index (κ3) is 35.8. The molecule has 0 fully saturated rings. The zero-order valence-corrected chi connectivity index (χ0v) is 16.7. The van der Waals surface area contributed by atoms with Crippen LogP contribution in [0, 0.1) is 5.92 Å². The van der Waals surface area contributed by atoms with E-state index < -0.39 is 0 Å². The second-order valence-electron chi connectivity index (χ2n) is 5.21. The molecule has 0 aliphatic carbocycles. The molecule has 3 nitrogen and oxygen atoms in total. The predicted octanol–water partition coefficient (Wildman–Crippen LogP) is 6.80. The van der Waals surface area contributed by atoms with Crippen LogP contribution in [0.5, 0.6) is 5.75 Å². The predicted molar refractivity (Wildman–Crippen MR) is 135 cm³/mol. The fourth-order valence-electron chi connectivity index (χ4n) is 1.47. The smallest absolute Gasteiger partial charge is 0.142 e. The Morgan fingerprint density at radius 1 is 0.964 bits per heavy atom. The zero-order chi connectivity index (χ0) is 17.4. The van der Waals surface area contributed by atoms with Crippen LogP contribution in [-0.2, 0) is 4.79 Å². The highest BCUT2D eigenvalue weighted by molar-refractivity contribution is 5.76. The third-order valence-electron chi connectivity index (χ3n) is 2.73. The molecule has 0 amide bonds. The first-order chi connectivity index (χ1) is 10.5. The Morgan fingerprint density at radius 3 is 1.64 bits per heavy atom. The molecule has 0 aliphatic rings. The number of hydrogen-bond acceptors (Lipinski definition) is 3. The summed E-state index contributed by atoms with van der Waals surface area (Å²) in [5, 5.41) is 0.